The summed E-state index contributed by atoms with van der Waals surface area (Å²) in [7, 11) is -4.66. The van der Waals surface area contributed by atoms with E-state index in [1.807, 2.05) is 20.8 Å². The van der Waals surface area contributed by atoms with Gasteiger partial charge >= 0.3 is 7.82 Å². The van der Waals surface area contributed by atoms with E-state index in [2.05, 4.69) is 31.6 Å². The third kappa shape index (κ3) is 4.78. The molecule has 10 nitrogen and oxygen atoms in total. The molecule has 0 saturated heterocycles. The van der Waals surface area contributed by atoms with E-state index in [0.717, 1.165) is 24.1 Å². The van der Waals surface area contributed by atoms with Crippen LogP contribution in [-0.4, -0.2) is 51.1 Å². The van der Waals surface area contributed by atoms with Gasteiger partial charge in [0.2, 0.25) is 0 Å². The maximum atomic E-state index is 13.1. The minimum absolute atomic E-state index is 0.295. The SMILES string of the molecule is C=N/C=C(\N=C/C)n1nc(C(=O)N[C@H](COP(=O)(O)O)C(C)(C)C)c2c1[C@@H]1C[C@@H]1C2. The van der Waals surface area contributed by atoms with E-state index in [1.54, 1.807) is 17.8 Å². The zero-order valence-corrected chi connectivity index (χ0v) is 18.5. The molecular weight excluding hydrogens is 409 g/mol. The van der Waals surface area contributed by atoms with Gasteiger partial charge in [-0.25, -0.2) is 14.2 Å². The van der Waals surface area contributed by atoms with Gasteiger partial charge in [-0.05, 0) is 37.8 Å². The van der Waals surface area contributed by atoms with Gasteiger partial charge in [0, 0.05) is 17.7 Å². The van der Waals surface area contributed by atoms with Crippen molar-refractivity contribution in [2.24, 2.45) is 21.3 Å². The first kappa shape index (κ1) is 22.6. The lowest BCUT2D eigenvalue weighted by Crippen LogP contribution is -2.47. The van der Waals surface area contributed by atoms with E-state index >= 15 is 0 Å². The summed E-state index contributed by atoms with van der Waals surface area (Å²) in [5.74, 6) is 0.931. The van der Waals surface area contributed by atoms with Crippen molar-refractivity contribution in [2.75, 3.05) is 6.61 Å². The van der Waals surface area contributed by atoms with Crippen LogP contribution < -0.4 is 5.32 Å². The second kappa shape index (κ2) is 8.19. The Hall–Kier alpha value is -2.13. The summed E-state index contributed by atoms with van der Waals surface area (Å²) in [6.07, 6.45) is 4.95. The van der Waals surface area contributed by atoms with Gasteiger partial charge in [0.15, 0.2) is 11.5 Å². The number of aliphatic imine (C=N–C) groups is 2. The first-order valence-corrected chi connectivity index (χ1v) is 11.3. The van der Waals surface area contributed by atoms with Crippen LogP contribution in [0.1, 0.15) is 61.8 Å². The fourth-order valence-electron chi connectivity index (χ4n) is 3.74. The molecule has 2 aliphatic carbocycles. The van der Waals surface area contributed by atoms with Crippen LogP contribution in [0.3, 0.4) is 0 Å². The maximum Gasteiger partial charge on any atom is 0.469 e. The smallest absolute Gasteiger partial charge is 0.345 e. The molecule has 3 N–H and O–H groups in total. The first-order valence-electron chi connectivity index (χ1n) is 9.74. The van der Waals surface area contributed by atoms with Gasteiger partial charge in [-0.15, -0.1) is 0 Å². The monoisotopic (exact) mass is 437 g/mol. The quantitative estimate of drug-likeness (QED) is 0.421. The summed E-state index contributed by atoms with van der Waals surface area (Å²) >= 11 is 0. The van der Waals surface area contributed by atoms with Crippen LogP contribution in [0.5, 0.6) is 0 Å². The number of aromatic nitrogens is 2. The van der Waals surface area contributed by atoms with Crippen LogP contribution >= 0.6 is 7.82 Å². The number of rotatable bonds is 8. The van der Waals surface area contributed by atoms with E-state index < -0.39 is 25.2 Å². The average molecular weight is 437 g/mol. The van der Waals surface area contributed by atoms with Crippen LogP contribution in [0.25, 0.3) is 5.82 Å². The lowest BCUT2D eigenvalue weighted by Gasteiger charge is -2.31. The molecule has 3 rings (SSSR count). The fraction of sp³-hybridized carbons (Fsp3) is 0.579. The van der Waals surface area contributed by atoms with E-state index in [1.165, 1.54) is 6.20 Å². The van der Waals surface area contributed by atoms with Gasteiger partial charge in [0.05, 0.1) is 24.5 Å². The molecule has 11 heteroatoms. The number of hydrogen-bond donors (Lipinski definition) is 3. The molecule has 1 fully saturated rings. The summed E-state index contributed by atoms with van der Waals surface area (Å²) in [4.78, 5) is 39.3. The molecule has 1 saturated carbocycles. The van der Waals surface area contributed by atoms with E-state index in [9.17, 15) is 9.36 Å². The summed E-state index contributed by atoms with van der Waals surface area (Å²) in [5.41, 5.74) is 1.66. The second-order valence-corrected chi connectivity index (χ2v) is 9.91. The Kier molecular flexibility index (Phi) is 6.15. The molecule has 1 heterocycles. The first-order chi connectivity index (χ1) is 14.0. The molecule has 30 heavy (non-hydrogen) atoms. The van der Waals surface area contributed by atoms with Gasteiger partial charge < -0.3 is 15.1 Å². The van der Waals surface area contributed by atoms with Crippen molar-refractivity contribution in [1.82, 2.24) is 15.1 Å². The van der Waals surface area contributed by atoms with Crippen molar-refractivity contribution in [1.29, 1.82) is 0 Å². The highest BCUT2D eigenvalue weighted by atomic mass is 31.2. The molecule has 0 bridgehead atoms. The molecule has 2 aliphatic rings. The fourth-order valence-corrected chi connectivity index (χ4v) is 4.08. The molecule has 0 radical (unpaired) electrons. The number of nitrogens with zero attached hydrogens (tertiary/aromatic N) is 4. The van der Waals surface area contributed by atoms with Gasteiger partial charge in [-0.3, -0.25) is 14.3 Å². The third-order valence-electron chi connectivity index (χ3n) is 5.42. The van der Waals surface area contributed by atoms with Crippen molar-refractivity contribution >= 4 is 32.5 Å². The zero-order valence-electron chi connectivity index (χ0n) is 17.6. The lowest BCUT2D eigenvalue weighted by molar-refractivity contribution is 0.0825. The molecule has 1 aromatic heterocycles. The highest BCUT2D eigenvalue weighted by Gasteiger charge is 2.50. The van der Waals surface area contributed by atoms with Gasteiger partial charge in [-0.1, -0.05) is 20.8 Å². The Morgan fingerprint density at radius 1 is 1.50 bits per heavy atom. The number of hydrogen-bond acceptors (Lipinski definition) is 6. The highest BCUT2D eigenvalue weighted by Crippen LogP contribution is 2.57. The van der Waals surface area contributed by atoms with E-state index in [4.69, 9.17) is 9.79 Å². The van der Waals surface area contributed by atoms with E-state index in [-0.39, 0.29) is 6.61 Å². The Morgan fingerprint density at radius 3 is 2.77 bits per heavy atom. The number of carbonyl (C=O) groups is 1. The number of phosphoric acid groups is 1. The number of phosphoric ester groups is 1. The summed E-state index contributed by atoms with van der Waals surface area (Å²) in [6.45, 7) is 10.5. The second-order valence-electron chi connectivity index (χ2n) is 8.67. The number of amides is 1. The molecular formula is C19H28N5O5P. The van der Waals surface area contributed by atoms with Crippen LogP contribution in [-0.2, 0) is 15.5 Å². The number of fused-ring (bicyclic) bond motifs is 3. The van der Waals surface area contributed by atoms with Gasteiger partial charge in [-0.2, -0.15) is 5.10 Å². The van der Waals surface area contributed by atoms with Gasteiger partial charge in [0.1, 0.15) is 0 Å². The molecule has 0 aliphatic heterocycles. The molecule has 3 atom stereocenters. The molecule has 0 spiro atoms. The Bertz CT molecular complexity index is 955. The van der Waals surface area contributed by atoms with E-state index in [0.29, 0.717) is 23.4 Å². The van der Waals surface area contributed by atoms with Crippen LogP contribution in [0, 0.1) is 11.3 Å². The van der Waals surface area contributed by atoms with Crippen molar-refractivity contribution in [3.63, 3.8) is 0 Å². The normalized spacial score (nSPS) is 22.0. The number of carbonyl (C=O) groups excluding carboxylic acids is 1. The lowest BCUT2D eigenvalue weighted by atomic mass is 9.87. The molecule has 1 amide bonds. The largest absolute Gasteiger partial charge is 0.469 e. The van der Waals surface area contributed by atoms with Crippen LogP contribution in [0.15, 0.2) is 16.2 Å². The van der Waals surface area contributed by atoms with Crippen LogP contribution in [0.2, 0.25) is 0 Å². The molecule has 0 aromatic carbocycles. The zero-order chi connectivity index (χ0) is 22.3. The summed E-state index contributed by atoms with van der Waals surface area (Å²) < 4.78 is 17.4. The molecule has 0 unspecified atom stereocenters. The predicted molar refractivity (Wildman–Crippen MR) is 113 cm³/mol. The van der Waals surface area contributed by atoms with Crippen molar-refractivity contribution in [2.45, 2.75) is 52.5 Å². The van der Waals surface area contributed by atoms with Crippen molar-refractivity contribution in [3.05, 3.63) is 23.2 Å². The summed E-state index contributed by atoms with van der Waals surface area (Å²) in [6, 6.07) is -0.632. The average Bonchev–Trinajstić information content (AvgIpc) is 3.12. The van der Waals surface area contributed by atoms with Crippen molar-refractivity contribution < 1.29 is 23.7 Å². The third-order valence-corrected chi connectivity index (χ3v) is 5.91. The highest BCUT2D eigenvalue weighted by molar-refractivity contribution is 7.46. The predicted octanol–water partition coefficient (Wildman–Crippen LogP) is 2.34. The van der Waals surface area contributed by atoms with Gasteiger partial charge in [0.25, 0.3) is 5.91 Å². The Labute approximate surface area is 175 Å². The molecule has 1 aromatic rings. The van der Waals surface area contributed by atoms with Crippen LogP contribution in [0.4, 0.5) is 0 Å². The summed E-state index contributed by atoms with van der Waals surface area (Å²) in [5, 5.41) is 7.38. The standard InChI is InChI=1S/C19H28N5O5P/c1-6-21-15(9-20-5)24-17-12-7-11(12)8-13(17)16(23-24)18(25)22-14(19(2,3)4)10-29-30(26,27)28/h6,9,11-12,14H,5,7-8,10H2,1-4H3,(H,22,25)(H2,26,27,28)/b15-9+,21-6-/t11-,12-,14-/m1/s1. The molecule has 164 valence electrons. The minimum atomic E-state index is -4.66. The Balaban J connectivity index is 1.92. The topological polar surface area (TPSA) is 138 Å². The van der Waals surface area contributed by atoms with Crippen molar-refractivity contribution in [3.8, 4) is 0 Å². The maximum absolute atomic E-state index is 13.1. The number of nitrogens with one attached hydrogen (secondary N) is 1. The minimum Gasteiger partial charge on any atom is -0.345 e. The Morgan fingerprint density at radius 2 is 2.20 bits per heavy atom.